The molecule has 0 saturated heterocycles. The summed E-state index contributed by atoms with van der Waals surface area (Å²) in [6, 6.07) is 37.0. The number of hydrogen-bond acceptors (Lipinski definition) is 0. The first-order chi connectivity index (χ1) is 16.6. The summed E-state index contributed by atoms with van der Waals surface area (Å²) in [4.78, 5) is 0. The summed E-state index contributed by atoms with van der Waals surface area (Å²) >= 11 is 0. The molecule has 34 heavy (non-hydrogen) atoms. The molecule has 0 bridgehead atoms. The molecule has 0 heterocycles. The largest absolute Gasteiger partial charge is 0.0590 e. The summed E-state index contributed by atoms with van der Waals surface area (Å²) < 4.78 is 0. The van der Waals surface area contributed by atoms with Crippen LogP contribution in [0.5, 0.6) is 0 Å². The summed E-state index contributed by atoms with van der Waals surface area (Å²) in [5.74, 6) is 1.48. The molecule has 4 aromatic carbocycles. The Kier molecular flexibility index (Phi) is 6.68. The number of benzene rings is 4. The third-order valence-corrected chi connectivity index (χ3v) is 7.52. The highest BCUT2D eigenvalue weighted by molar-refractivity contribution is 5.46. The molecule has 0 N–H and O–H groups in total. The van der Waals surface area contributed by atoms with Gasteiger partial charge in [0.15, 0.2) is 0 Å². The minimum Gasteiger partial charge on any atom is -0.0590 e. The van der Waals surface area contributed by atoms with Crippen LogP contribution >= 0.6 is 0 Å². The quantitative estimate of drug-likeness (QED) is 0.254. The van der Waals surface area contributed by atoms with Gasteiger partial charge in [-0.25, -0.2) is 0 Å². The average molecular weight is 445 g/mol. The fourth-order valence-electron chi connectivity index (χ4n) is 5.15. The van der Waals surface area contributed by atoms with Gasteiger partial charge in [-0.15, -0.1) is 0 Å². The molecule has 1 aliphatic rings. The van der Waals surface area contributed by atoms with Crippen LogP contribution in [0.3, 0.4) is 0 Å². The second-order valence-corrected chi connectivity index (χ2v) is 10.4. The van der Waals surface area contributed by atoms with Crippen molar-refractivity contribution in [2.75, 3.05) is 0 Å². The van der Waals surface area contributed by atoms with E-state index in [1.165, 1.54) is 70.2 Å². The molecule has 0 aliphatic heterocycles. The van der Waals surface area contributed by atoms with E-state index < -0.39 is 0 Å². The molecule has 0 nitrogen and oxygen atoms in total. The second-order valence-electron chi connectivity index (χ2n) is 10.4. The van der Waals surface area contributed by atoms with Gasteiger partial charge in [0.25, 0.3) is 0 Å². The Morgan fingerprint density at radius 3 is 1.15 bits per heavy atom. The first kappa shape index (κ1) is 22.7. The molecule has 1 unspecified atom stereocenters. The summed E-state index contributed by atoms with van der Waals surface area (Å²) in [6.45, 7) is 6.51. The zero-order valence-corrected chi connectivity index (χ0v) is 20.8. The van der Waals surface area contributed by atoms with Crippen LogP contribution in [0.1, 0.15) is 75.6 Å². The molecule has 172 valence electrons. The monoisotopic (exact) mass is 444 g/mol. The normalized spacial score (nSPS) is 14.4. The molecule has 1 fully saturated rings. The van der Waals surface area contributed by atoms with E-state index >= 15 is 0 Å². The fourth-order valence-corrected chi connectivity index (χ4v) is 5.15. The lowest BCUT2D eigenvalue weighted by Crippen LogP contribution is -2.15. The molecular formula is C34H36. The van der Waals surface area contributed by atoms with Gasteiger partial charge in [0, 0.05) is 11.8 Å². The van der Waals surface area contributed by atoms with Gasteiger partial charge < -0.3 is 0 Å². The minimum atomic E-state index is 0.251. The Morgan fingerprint density at radius 2 is 0.824 bits per heavy atom. The van der Waals surface area contributed by atoms with E-state index in [2.05, 4.69) is 118 Å². The number of aryl methyl sites for hydroxylation is 4. The Labute approximate surface area is 205 Å². The van der Waals surface area contributed by atoms with Crippen molar-refractivity contribution in [2.24, 2.45) is 5.92 Å². The first-order valence-corrected chi connectivity index (χ1v) is 12.9. The maximum Gasteiger partial charge on any atom is 0.0199 e. The highest BCUT2D eigenvalue weighted by atomic mass is 14.3. The number of hydrogen-bond donors (Lipinski definition) is 0. The van der Waals surface area contributed by atoms with Crippen molar-refractivity contribution in [1.29, 1.82) is 0 Å². The summed E-state index contributed by atoms with van der Waals surface area (Å²) in [5.41, 5.74) is 10.9. The van der Waals surface area contributed by atoms with E-state index in [4.69, 9.17) is 0 Å². The lowest BCUT2D eigenvalue weighted by atomic mass is 9.73. The van der Waals surface area contributed by atoms with E-state index in [9.17, 15) is 0 Å². The van der Waals surface area contributed by atoms with Crippen molar-refractivity contribution >= 4 is 0 Å². The van der Waals surface area contributed by atoms with Crippen LogP contribution in [0.15, 0.2) is 97.1 Å². The van der Waals surface area contributed by atoms with Crippen molar-refractivity contribution in [3.8, 4) is 0 Å². The van der Waals surface area contributed by atoms with Crippen LogP contribution in [0.4, 0.5) is 0 Å². The van der Waals surface area contributed by atoms with Gasteiger partial charge in [-0.05, 0) is 67.3 Å². The zero-order valence-electron chi connectivity index (χ0n) is 20.8. The lowest BCUT2D eigenvalue weighted by Gasteiger charge is -2.30. The van der Waals surface area contributed by atoms with Gasteiger partial charge in [0.2, 0.25) is 0 Å². The second kappa shape index (κ2) is 10.0. The van der Waals surface area contributed by atoms with Crippen LogP contribution in [0, 0.1) is 26.7 Å². The van der Waals surface area contributed by atoms with Crippen LogP contribution < -0.4 is 0 Å². The SMILES string of the molecule is Cc1ccc(C(c2ccc(C)cc2)C(c2ccc(C)cc2)c2ccc(CCC3CC3)cc2)cc1. The predicted molar refractivity (Wildman–Crippen MR) is 145 cm³/mol. The van der Waals surface area contributed by atoms with E-state index in [1.54, 1.807) is 0 Å². The van der Waals surface area contributed by atoms with E-state index in [1.807, 2.05) is 0 Å². The van der Waals surface area contributed by atoms with E-state index in [-0.39, 0.29) is 11.8 Å². The predicted octanol–water partition coefficient (Wildman–Crippen LogP) is 8.92. The maximum atomic E-state index is 2.39. The summed E-state index contributed by atoms with van der Waals surface area (Å²) in [7, 11) is 0. The molecular weight excluding hydrogens is 408 g/mol. The van der Waals surface area contributed by atoms with Crippen LogP contribution in [0.2, 0.25) is 0 Å². The molecule has 1 atom stereocenters. The smallest absolute Gasteiger partial charge is 0.0199 e. The van der Waals surface area contributed by atoms with Crippen molar-refractivity contribution in [2.45, 2.75) is 58.3 Å². The molecule has 4 aromatic rings. The van der Waals surface area contributed by atoms with Gasteiger partial charge in [0.1, 0.15) is 0 Å². The van der Waals surface area contributed by atoms with E-state index in [0.29, 0.717) is 0 Å². The zero-order chi connectivity index (χ0) is 23.5. The van der Waals surface area contributed by atoms with Crippen LogP contribution in [-0.4, -0.2) is 0 Å². The minimum absolute atomic E-state index is 0.251. The molecule has 5 rings (SSSR count). The van der Waals surface area contributed by atoms with Gasteiger partial charge in [-0.2, -0.15) is 0 Å². The summed E-state index contributed by atoms with van der Waals surface area (Å²) in [5, 5.41) is 0. The summed E-state index contributed by atoms with van der Waals surface area (Å²) in [6.07, 6.45) is 5.42. The highest BCUT2D eigenvalue weighted by Gasteiger charge is 2.28. The van der Waals surface area contributed by atoms with Gasteiger partial charge >= 0.3 is 0 Å². The van der Waals surface area contributed by atoms with Crippen molar-refractivity contribution in [1.82, 2.24) is 0 Å². The Morgan fingerprint density at radius 1 is 0.500 bits per heavy atom. The molecule has 0 spiro atoms. The van der Waals surface area contributed by atoms with Crippen LogP contribution in [0.25, 0.3) is 0 Å². The Balaban J connectivity index is 1.60. The third kappa shape index (κ3) is 5.33. The van der Waals surface area contributed by atoms with Gasteiger partial charge in [-0.1, -0.05) is 127 Å². The van der Waals surface area contributed by atoms with Crippen molar-refractivity contribution in [3.63, 3.8) is 0 Å². The lowest BCUT2D eigenvalue weighted by molar-refractivity contribution is 0.691. The van der Waals surface area contributed by atoms with E-state index in [0.717, 1.165) is 5.92 Å². The highest BCUT2D eigenvalue weighted by Crippen LogP contribution is 2.43. The number of rotatable bonds is 8. The van der Waals surface area contributed by atoms with Crippen molar-refractivity contribution in [3.05, 3.63) is 142 Å². The Hall–Kier alpha value is -3.12. The molecule has 1 aliphatic carbocycles. The topological polar surface area (TPSA) is 0 Å². The third-order valence-electron chi connectivity index (χ3n) is 7.52. The maximum absolute atomic E-state index is 2.39. The molecule has 0 heteroatoms. The Bertz CT molecular complexity index is 1150. The average Bonchev–Trinajstić information content (AvgIpc) is 3.69. The fraction of sp³-hybridized carbons (Fsp3) is 0.294. The standard InChI is InChI=1S/C34H36/c1-24-4-16-29(17-5-24)33(30-18-6-25(2)7-19-30)34(31-20-8-26(3)9-21-31)32-22-14-28(15-23-32)13-12-27-10-11-27/h4-9,14-23,27,33-34H,10-13H2,1-3H3. The van der Waals surface area contributed by atoms with Gasteiger partial charge in [0.05, 0.1) is 0 Å². The molecule has 0 aromatic heterocycles. The first-order valence-electron chi connectivity index (χ1n) is 12.9. The molecule has 1 saturated carbocycles. The van der Waals surface area contributed by atoms with Crippen molar-refractivity contribution < 1.29 is 0 Å². The molecule has 0 radical (unpaired) electrons. The molecule has 0 amide bonds. The van der Waals surface area contributed by atoms with Crippen LogP contribution in [-0.2, 0) is 6.42 Å². The van der Waals surface area contributed by atoms with Gasteiger partial charge in [-0.3, -0.25) is 0 Å².